The topological polar surface area (TPSA) is 21.3 Å². The summed E-state index contributed by atoms with van der Waals surface area (Å²) in [5.74, 6) is 0.860. The van der Waals surface area contributed by atoms with Crippen LogP contribution in [0.2, 0.25) is 5.02 Å². The van der Waals surface area contributed by atoms with E-state index in [1.54, 1.807) is 0 Å². The molecule has 0 aliphatic rings. The van der Waals surface area contributed by atoms with Crippen LogP contribution >= 0.6 is 11.6 Å². The van der Waals surface area contributed by atoms with Crippen molar-refractivity contribution in [1.29, 1.82) is 0 Å². The predicted octanol–water partition coefficient (Wildman–Crippen LogP) is 4.50. The predicted molar refractivity (Wildman–Crippen MR) is 88.9 cm³/mol. The quantitative estimate of drug-likeness (QED) is 0.600. The van der Waals surface area contributed by atoms with Gasteiger partial charge in [0, 0.05) is 23.7 Å². The fourth-order valence-electron chi connectivity index (χ4n) is 2.06. The molecule has 110 valence electrons. The number of hydrogen-bond acceptors (Lipinski definition) is 2. The zero-order valence-corrected chi connectivity index (χ0v) is 13.0. The van der Waals surface area contributed by atoms with Crippen LogP contribution in [0.1, 0.15) is 16.7 Å². The molecule has 0 fully saturated rings. The molecule has 3 heteroatoms. The summed E-state index contributed by atoms with van der Waals surface area (Å²) in [5, 5.41) is 3.99. The Balaban J connectivity index is 2.08. The fourth-order valence-corrected chi connectivity index (χ4v) is 2.26. The second-order valence-corrected chi connectivity index (χ2v) is 5.32. The first kappa shape index (κ1) is 15.6. The first-order valence-electron chi connectivity index (χ1n) is 6.98. The monoisotopic (exact) mass is 301 g/mol. The average molecular weight is 302 g/mol. The smallest absolute Gasteiger partial charge is 0.124 e. The third-order valence-corrected chi connectivity index (χ3v) is 3.51. The van der Waals surface area contributed by atoms with Crippen molar-refractivity contribution in [3.05, 3.63) is 76.8 Å². The largest absolute Gasteiger partial charge is 0.489 e. The summed E-state index contributed by atoms with van der Waals surface area (Å²) in [6.07, 6.45) is 1.83. The van der Waals surface area contributed by atoms with Crippen LogP contribution in [0.25, 0.3) is 0 Å². The number of halogens is 1. The highest BCUT2D eigenvalue weighted by atomic mass is 35.5. The average Bonchev–Trinajstić information content (AvgIpc) is 2.48. The van der Waals surface area contributed by atoms with Crippen molar-refractivity contribution in [3.63, 3.8) is 0 Å². The standard InChI is InChI=1S/C18H20ClNO/c1-3-10-20-12-16-11-17(19)8-9-18(16)21-13-15-7-5-4-6-14(15)2/h3-9,11,20H,1,10,12-13H2,2H3. The van der Waals surface area contributed by atoms with E-state index in [0.29, 0.717) is 18.2 Å². The minimum absolute atomic E-state index is 0.558. The zero-order valence-electron chi connectivity index (χ0n) is 12.2. The second kappa shape index (κ2) is 7.87. The number of aryl methyl sites for hydroxylation is 1. The molecule has 0 spiro atoms. The number of nitrogens with one attached hydrogen (secondary N) is 1. The molecule has 2 rings (SSSR count). The summed E-state index contributed by atoms with van der Waals surface area (Å²) in [4.78, 5) is 0. The lowest BCUT2D eigenvalue weighted by atomic mass is 10.1. The van der Waals surface area contributed by atoms with Gasteiger partial charge in [0.1, 0.15) is 12.4 Å². The lowest BCUT2D eigenvalue weighted by Crippen LogP contribution is -2.13. The zero-order chi connectivity index (χ0) is 15.1. The highest BCUT2D eigenvalue weighted by Gasteiger charge is 2.06. The Morgan fingerprint density at radius 3 is 2.76 bits per heavy atom. The van der Waals surface area contributed by atoms with E-state index < -0.39 is 0 Å². The van der Waals surface area contributed by atoms with Crippen LogP contribution in [0.4, 0.5) is 0 Å². The van der Waals surface area contributed by atoms with Crippen molar-refractivity contribution >= 4 is 11.6 Å². The normalized spacial score (nSPS) is 10.4. The molecule has 2 aromatic rings. The number of rotatable bonds is 7. The molecule has 0 aliphatic heterocycles. The van der Waals surface area contributed by atoms with Crippen LogP contribution in [0.5, 0.6) is 5.75 Å². The third kappa shape index (κ3) is 4.62. The Morgan fingerprint density at radius 2 is 2.00 bits per heavy atom. The lowest BCUT2D eigenvalue weighted by Gasteiger charge is -2.13. The van der Waals surface area contributed by atoms with Crippen LogP contribution in [0.15, 0.2) is 55.1 Å². The molecule has 0 saturated heterocycles. The number of hydrogen-bond donors (Lipinski definition) is 1. The first-order chi connectivity index (χ1) is 10.2. The lowest BCUT2D eigenvalue weighted by molar-refractivity contribution is 0.301. The minimum Gasteiger partial charge on any atom is -0.489 e. The van der Waals surface area contributed by atoms with E-state index >= 15 is 0 Å². The Morgan fingerprint density at radius 1 is 1.19 bits per heavy atom. The summed E-state index contributed by atoms with van der Waals surface area (Å²) < 4.78 is 5.97. The summed E-state index contributed by atoms with van der Waals surface area (Å²) in [6, 6.07) is 13.9. The third-order valence-electron chi connectivity index (χ3n) is 3.27. The van der Waals surface area contributed by atoms with Gasteiger partial charge in [-0.1, -0.05) is 41.9 Å². The van der Waals surface area contributed by atoms with Gasteiger partial charge in [0.15, 0.2) is 0 Å². The van der Waals surface area contributed by atoms with Gasteiger partial charge in [0.2, 0.25) is 0 Å². The SMILES string of the molecule is C=CCNCc1cc(Cl)ccc1OCc1ccccc1C. The molecular weight excluding hydrogens is 282 g/mol. The van der Waals surface area contributed by atoms with E-state index in [4.69, 9.17) is 16.3 Å². The highest BCUT2D eigenvalue weighted by Crippen LogP contribution is 2.24. The van der Waals surface area contributed by atoms with Crippen LogP contribution < -0.4 is 10.1 Å². The molecule has 1 N–H and O–H groups in total. The van der Waals surface area contributed by atoms with Gasteiger partial charge in [-0.3, -0.25) is 0 Å². The van der Waals surface area contributed by atoms with Crippen molar-refractivity contribution in [2.75, 3.05) is 6.54 Å². The maximum Gasteiger partial charge on any atom is 0.124 e. The Bertz CT molecular complexity index is 610. The van der Waals surface area contributed by atoms with Crippen molar-refractivity contribution in [2.24, 2.45) is 0 Å². The minimum atomic E-state index is 0.558. The van der Waals surface area contributed by atoms with Gasteiger partial charge in [-0.15, -0.1) is 6.58 Å². The van der Waals surface area contributed by atoms with Crippen molar-refractivity contribution in [2.45, 2.75) is 20.1 Å². The molecule has 0 aromatic heterocycles. The molecule has 0 radical (unpaired) electrons. The Labute approximate surface area is 131 Å². The van der Waals surface area contributed by atoms with Crippen LogP contribution in [0.3, 0.4) is 0 Å². The Kier molecular flexibility index (Phi) is 5.85. The molecular formula is C18H20ClNO. The molecule has 0 amide bonds. The summed E-state index contributed by atoms with van der Waals surface area (Å²) >= 11 is 6.07. The van der Waals surface area contributed by atoms with E-state index in [9.17, 15) is 0 Å². The van der Waals surface area contributed by atoms with Crippen LogP contribution in [-0.4, -0.2) is 6.54 Å². The number of benzene rings is 2. The summed E-state index contributed by atoms with van der Waals surface area (Å²) in [5.41, 5.74) is 3.48. The molecule has 21 heavy (non-hydrogen) atoms. The summed E-state index contributed by atoms with van der Waals surface area (Å²) in [6.45, 7) is 7.80. The maximum absolute atomic E-state index is 6.07. The van der Waals surface area contributed by atoms with Gasteiger partial charge < -0.3 is 10.1 Å². The molecule has 2 nitrogen and oxygen atoms in total. The van der Waals surface area contributed by atoms with Crippen molar-refractivity contribution < 1.29 is 4.74 Å². The molecule has 0 bridgehead atoms. The van der Waals surface area contributed by atoms with E-state index in [1.165, 1.54) is 11.1 Å². The van der Waals surface area contributed by atoms with Crippen LogP contribution in [0, 0.1) is 6.92 Å². The van der Waals surface area contributed by atoms with Gasteiger partial charge >= 0.3 is 0 Å². The Hall–Kier alpha value is -1.77. The maximum atomic E-state index is 6.07. The van der Waals surface area contributed by atoms with Crippen molar-refractivity contribution in [3.8, 4) is 5.75 Å². The summed E-state index contributed by atoms with van der Waals surface area (Å²) in [7, 11) is 0. The van der Waals surface area contributed by atoms with E-state index in [-0.39, 0.29) is 0 Å². The molecule has 0 aliphatic carbocycles. The molecule has 0 heterocycles. The van der Waals surface area contributed by atoms with Crippen LogP contribution in [-0.2, 0) is 13.2 Å². The van der Waals surface area contributed by atoms with Gasteiger partial charge in [-0.2, -0.15) is 0 Å². The van der Waals surface area contributed by atoms with Crippen molar-refractivity contribution in [1.82, 2.24) is 5.32 Å². The first-order valence-corrected chi connectivity index (χ1v) is 7.36. The molecule has 0 unspecified atom stereocenters. The second-order valence-electron chi connectivity index (χ2n) is 4.89. The molecule has 2 aromatic carbocycles. The van der Waals surface area contributed by atoms with Gasteiger partial charge in [0.05, 0.1) is 0 Å². The van der Waals surface area contributed by atoms with Gasteiger partial charge in [-0.25, -0.2) is 0 Å². The van der Waals surface area contributed by atoms with E-state index in [0.717, 1.165) is 17.9 Å². The molecule has 0 atom stereocenters. The van der Waals surface area contributed by atoms with Gasteiger partial charge in [-0.05, 0) is 36.2 Å². The molecule has 0 saturated carbocycles. The highest BCUT2D eigenvalue weighted by molar-refractivity contribution is 6.30. The number of ether oxygens (including phenoxy) is 1. The van der Waals surface area contributed by atoms with E-state index in [1.807, 2.05) is 36.4 Å². The van der Waals surface area contributed by atoms with E-state index in [2.05, 4.69) is 31.0 Å². The van der Waals surface area contributed by atoms with Gasteiger partial charge in [0.25, 0.3) is 0 Å². The fraction of sp³-hybridized carbons (Fsp3) is 0.222.